The van der Waals surface area contributed by atoms with Gasteiger partial charge in [-0.3, -0.25) is 4.48 Å². The van der Waals surface area contributed by atoms with Crippen molar-refractivity contribution in [1.29, 1.82) is 0 Å². The molecule has 0 amide bonds. The van der Waals surface area contributed by atoms with Crippen LogP contribution in [0.25, 0.3) is 0 Å². The molecule has 110 valence electrons. The molecule has 0 saturated carbocycles. The van der Waals surface area contributed by atoms with E-state index in [1.165, 1.54) is 0 Å². The van der Waals surface area contributed by atoms with Gasteiger partial charge >= 0.3 is 0 Å². The van der Waals surface area contributed by atoms with Crippen LogP contribution in [0.4, 0.5) is 0 Å². The largest absolute Gasteiger partial charge is 0.356 e. The van der Waals surface area contributed by atoms with Gasteiger partial charge in [0, 0.05) is 27.6 Å². The van der Waals surface area contributed by atoms with Crippen LogP contribution in [-0.4, -0.2) is 57.3 Å². The Morgan fingerprint density at radius 2 is 1.33 bits per heavy atom. The van der Waals surface area contributed by atoms with Crippen molar-refractivity contribution in [3.63, 3.8) is 0 Å². The molecule has 0 heterocycles. The molecule has 5 heteroatoms. The van der Waals surface area contributed by atoms with E-state index in [1.54, 1.807) is 7.11 Å². The minimum Gasteiger partial charge on any atom is -0.356 e. The van der Waals surface area contributed by atoms with Crippen LogP contribution >= 0.6 is 0 Å². The molecule has 0 aromatic heterocycles. The van der Waals surface area contributed by atoms with Crippen molar-refractivity contribution in [1.82, 2.24) is 0 Å². The maximum Gasteiger partial charge on any atom is 0.194 e. The molecule has 18 heavy (non-hydrogen) atoms. The predicted molar refractivity (Wildman–Crippen MR) is 70.8 cm³/mol. The highest BCUT2D eigenvalue weighted by Gasteiger charge is 2.34. The molecule has 4 atom stereocenters. The Labute approximate surface area is 112 Å². The van der Waals surface area contributed by atoms with Crippen LogP contribution < -0.4 is 0 Å². The van der Waals surface area contributed by atoms with Gasteiger partial charge < -0.3 is 18.9 Å². The molecule has 0 radical (unpaired) electrons. The fraction of sp³-hybridized carbons (Fsp3) is 1.00. The third-order valence-electron chi connectivity index (χ3n) is 3.38. The smallest absolute Gasteiger partial charge is 0.194 e. The topological polar surface area (TPSA) is 36.9 Å². The molecule has 0 rings (SSSR count). The summed E-state index contributed by atoms with van der Waals surface area (Å²) < 4.78 is 22.7. The van der Waals surface area contributed by atoms with Crippen LogP contribution in [-0.2, 0) is 18.9 Å². The molecular weight excluding hydrogens is 234 g/mol. The van der Waals surface area contributed by atoms with E-state index < -0.39 is 0 Å². The first-order valence-electron chi connectivity index (χ1n) is 6.54. The molecule has 0 spiro atoms. The normalized spacial score (nSPS) is 19.3. The zero-order chi connectivity index (χ0) is 14.3. The van der Waals surface area contributed by atoms with E-state index in [-0.39, 0.29) is 25.0 Å². The van der Waals surface area contributed by atoms with Crippen molar-refractivity contribution in [3.8, 4) is 0 Å². The van der Waals surface area contributed by atoms with Gasteiger partial charge in [0.1, 0.15) is 0 Å². The quantitative estimate of drug-likeness (QED) is 0.472. The lowest BCUT2D eigenvalue weighted by Crippen LogP contribution is -2.57. The van der Waals surface area contributed by atoms with Gasteiger partial charge in [0.05, 0.1) is 14.1 Å². The molecule has 0 aliphatic carbocycles. The third kappa shape index (κ3) is 5.63. The van der Waals surface area contributed by atoms with E-state index in [0.29, 0.717) is 11.1 Å². The zero-order valence-electron chi connectivity index (χ0n) is 13.1. The molecule has 0 aromatic rings. The first-order chi connectivity index (χ1) is 8.25. The molecular formula is C13H30NO4+. The summed E-state index contributed by atoms with van der Waals surface area (Å²) in [4.78, 5) is 0. The van der Waals surface area contributed by atoms with Gasteiger partial charge in [-0.15, -0.1) is 0 Å². The summed E-state index contributed by atoms with van der Waals surface area (Å²) in [6.07, 6.45) is -0.516. The Balaban J connectivity index is 4.40. The Hall–Kier alpha value is -0.200. The molecule has 0 fully saturated rings. The fourth-order valence-electron chi connectivity index (χ4n) is 1.49. The average molecular weight is 264 g/mol. The van der Waals surface area contributed by atoms with Crippen molar-refractivity contribution in [3.05, 3.63) is 0 Å². The van der Waals surface area contributed by atoms with Gasteiger partial charge in [-0.1, -0.05) is 0 Å². The summed E-state index contributed by atoms with van der Waals surface area (Å²) in [5.74, 6) is 0. The van der Waals surface area contributed by atoms with Crippen molar-refractivity contribution in [2.24, 2.45) is 0 Å². The second kappa shape index (κ2) is 8.07. The van der Waals surface area contributed by atoms with Gasteiger partial charge in [-0.25, -0.2) is 0 Å². The number of quaternary nitrogens is 1. The van der Waals surface area contributed by atoms with Gasteiger partial charge in [0.25, 0.3) is 0 Å². The first-order valence-corrected chi connectivity index (χ1v) is 6.54. The van der Waals surface area contributed by atoms with Gasteiger partial charge in [0.15, 0.2) is 25.0 Å². The second-order valence-corrected chi connectivity index (χ2v) is 4.93. The molecule has 0 aliphatic rings. The Kier molecular flexibility index (Phi) is 7.98. The monoisotopic (exact) mass is 264 g/mol. The third-order valence-corrected chi connectivity index (χ3v) is 3.38. The molecule has 0 aromatic carbocycles. The van der Waals surface area contributed by atoms with Crippen LogP contribution in [0.3, 0.4) is 0 Å². The van der Waals surface area contributed by atoms with E-state index in [4.69, 9.17) is 18.9 Å². The van der Waals surface area contributed by atoms with Crippen molar-refractivity contribution in [2.45, 2.75) is 59.7 Å². The minimum atomic E-state index is -0.228. The molecule has 0 bridgehead atoms. The van der Waals surface area contributed by atoms with E-state index in [0.717, 1.165) is 0 Å². The second-order valence-electron chi connectivity index (χ2n) is 4.93. The zero-order valence-corrected chi connectivity index (χ0v) is 13.1. The SMILES string of the molecule is CCOC(C)OC(C)[N+](C)(C)C(C)OC(C)OC. The number of rotatable bonds is 9. The van der Waals surface area contributed by atoms with Crippen molar-refractivity contribution < 1.29 is 23.4 Å². The van der Waals surface area contributed by atoms with Crippen molar-refractivity contribution >= 4 is 0 Å². The Bertz CT molecular complexity index is 223. The molecule has 0 saturated heterocycles. The number of hydrogen-bond acceptors (Lipinski definition) is 4. The summed E-state index contributed by atoms with van der Waals surface area (Å²) in [5, 5.41) is 0. The van der Waals surface area contributed by atoms with E-state index in [1.807, 2.05) is 34.6 Å². The lowest BCUT2D eigenvalue weighted by Gasteiger charge is -2.41. The van der Waals surface area contributed by atoms with Gasteiger partial charge in [-0.2, -0.15) is 0 Å². The highest BCUT2D eigenvalue weighted by molar-refractivity contribution is 4.43. The maximum atomic E-state index is 5.82. The number of hydrogen-bond donors (Lipinski definition) is 0. The first kappa shape index (κ1) is 17.8. The lowest BCUT2D eigenvalue weighted by molar-refractivity contribution is -0.978. The molecule has 5 nitrogen and oxygen atoms in total. The Morgan fingerprint density at radius 1 is 0.889 bits per heavy atom. The Morgan fingerprint density at radius 3 is 1.72 bits per heavy atom. The predicted octanol–water partition coefficient (Wildman–Crippen LogP) is 2.16. The van der Waals surface area contributed by atoms with Gasteiger partial charge in [0.2, 0.25) is 0 Å². The summed E-state index contributed by atoms with van der Waals surface area (Å²) >= 11 is 0. The summed E-state index contributed by atoms with van der Waals surface area (Å²) in [6, 6.07) is 0. The summed E-state index contributed by atoms with van der Waals surface area (Å²) in [7, 11) is 5.77. The number of ether oxygens (including phenoxy) is 4. The molecule has 4 unspecified atom stereocenters. The highest BCUT2D eigenvalue weighted by atomic mass is 16.7. The molecule has 0 N–H and O–H groups in total. The number of nitrogens with zero attached hydrogens (tertiary/aromatic N) is 1. The van der Waals surface area contributed by atoms with Crippen molar-refractivity contribution in [2.75, 3.05) is 27.8 Å². The average Bonchev–Trinajstić information content (AvgIpc) is 2.28. The number of methoxy groups -OCH3 is 1. The van der Waals surface area contributed by atoms with E-state index in [2.05, 4.69) is 14.1 Å². The summed E-state index contributed by atoms with van der Waals surface area (Å²) in [6.45, 7) is 10.4. The van der Waals surface area contributed by atoms with E-state index in [9.17, 15) is 0 Å². The van der Waals surface area contributed by atoms with Crippen LogP contribution in [0.15, 0.2) is 0 Å². The van der Waals surface area contributed by atoms with Crippen LogP contribution in [0, 0.1) is 0 Å². The van der Waals surface area contributed by atoms with E-state index >= 15 is 0 Å². The van der Waals surface area contributed by atoms with Crippen LogP contribution in [0.5, 0.6) is 0 Å². The highest BCUT2D eigenvalue weighted by Crippen LogP contribution is 2.18. The minimum absolute atomic E-state index is 0.0365. The summed E-state index contributed by atoms with van der Waals surface area (Å²) in [5.41, 5.74) is 0. The van der Waals surface area contributed by atoms with Crippen LogP contribution in [0.1, 0.15) is 34.6 Å². The van der Waals surface area contributed by atoms with Gasteiger partial charge in [-0.05, 0) is 20.8 Å². The lowest BCUT2D eigenvalue weighted by atomic mass is 10.4. The standard InChI is InChI=1S/C13H30NO4/c1-9-16-13(5)18-11(3)14(6,7)10(2)17-12(4)15-8/h10-13H,9H2,1-8H3/q+1. The fourth-order valence-corrected chi connectivity index (χ4v) is 1.49. The maximum absolute atomic E-state index is 5.82. The molecule has 0 aliphatic heterocycles. The van der Waals surface area contributed by atoms with Crippen LogP contribution in [0.2, 0.25) is 0 Å².